The molecule has 3 fully saturated rings. The van der Waals surface area contributed by atoms with E-state index in [0.29, 0.717) is 29.3 Å². The lowest BCUT2D eigenvalue weighted by Gasteiger charge is -2.36. The van der Waals surface area contributed by atoms with Crippen molar-refractivity contribution in [1.29, 1.82) is 0 Å². The highest BCUT2D eigenvalue weighted by Gasteiger charge is 2.34. The van der Waals surface area contributed by atoms with Crippen LogP contribution in [0.1, 0.15) is 117 Å². The van der Waals surface area contributed by atoms with Gasteiger partial charge >= 0.3 is 11.9 Å². The summed E-state index contributed by atoms with van der Waals surface area (Å²) >= 11 is 0. The second-order valence-corrected chi connectivity index (χ2v) is 17.8. The van der Waals surface area contributed by atoms with E-state index in [1.54, 1.807) is 42.2 Å². The molecule has 8 rings (SSSR count). The number of hydrogen-bond acceptors (Lipinski definition) is 8. The number of aliphatic hydroxyl groups is 1. The van der Waals surface area contributed by atoms with Crippen LogP contribution in [0.2, 0.25) is 0 Å². The lowest BCUT2D eigenvalue weighted by atomic mass is 9.84. The van der Waals surface area contributed by atoms with Gasteiger partial charge in [-0.1, -0.05) is 24.6 Å². The number of nitrogens with one attached hydrogen (secondary N) is 2. The molecule has 2 aromatic carbocycles. The maximum Gasteiger partial charge on any atom is 0.433 e. The molecule has 1 atom stereocenters. The molecule has 3 amide bonds. The van der Waals surface area contributed by atoms with Gasteiger partial charge in [0.1, 0.15) is 17.4 Å². The number of imidazole rings is 1. The summed E-state index contributed by atoms with van der Waals surface area (Å²) in [5.74, 6) is -0.286. The Labute approximate surface area is 351 Å². The zero-order valence-electron chi connectivity index (χ0n) is 34.8. The summed E-state index contributed by atoms with van der Waals surface area (Å²) < 4.78 is 45.0. The van der Waals surface area contributed by atoms with Crippen molar-refractivity contribution >= 4 is 45.3 Å². The van der Waals surface area contributed by atoms with Gasteiger partial charge in [-0.25, -0.2) is 9.78 Å². The van der Waals surface area contributed by atoms with Crippen LogP contribution in [-0.4, -0.2) is 71.3 Å². The molecule has 2 saturated heterocycles. The molecule has 1 aliphatic carbocycles. The predicted molar refractivity (Wildman–Crippen MR) is 224 cm³/mol. The van der Waals surface area contributed by atoms with Crippen LogP contribution in [0.4, 0.5) is 18.9 Å². The van der Waals surface area contributed by atoms with Crippen molar-refractivity contribution in [2.45, 2.75) is 108 Å². The average Bonchev–Trinajstić information content (AvgIpc) is 3.75. The van der Waals surface area contributed by atoms with Gasteiger partial charge < -0.3 is 15.3 Å². The molecule has 13 nitrogen and oxygen atoms in total. The first-order chi connectivity index (χ1) is 29.0. The number of carbonyl (C=O) groups is 3. The molecule has 0 bridgehead atoms. The van der Waals surface area contributed by atoms with E-state index in [4.69, 9.17) is 5.10 Å². The summed E-state index contributed by atoms with van der Waals surface area (Å²) in [6.07, 6.45) is 7.21. The number of piperidine rings is 2. The van der Waals surface area contributed by atoms with E-state index in [-0.39, 0.29) is 35.4 Å². The second kappa shape index (κ2) is 16.8. The van der Waals surface area contributed by atoms with Gasteiger partial charge in [-0.05, 0) is 132 Å². The van der Waals surface area contributed by atoms with E-state index >= 15 is 0 Å². The van der Waals surface area contributed by atoms with Crippen LogP contribution in [-0.2, 0) is 34.8 Å². The molecule has 2 aliphatic heterocycles. The van der Waals surface area contributed by atoms with Crippen LogP contribution in [0.5, 0.6) is 0 Å². The van der Waals surface area contributed by atoms with Gasteiger partial charge in [-0.3, -0.25) is 33.5 Å². The van der Waals surface area contributed by atoms with E-state index in [2.05, 4.69) is 26.6 Å². The standard InChI is InChI=1S/C45H53F3N8O5/c1-44(2,61)32-24-34-30(23-35(32)50-41(58)33-10-6-12-38(49-33)45(46,47)48)26-55(52-34)31-15-13-28(14-16-31)25-54-21-19-27(20-22-54)7-4-8-29-9-5-11-36-40(29)53(3)43(60)56(36)37-17-18-39(57)51-42(37)59/h5-6,9-12,23-24,26-28,31,37,61H,4,7-8,13-22,25H2,1-3H3,(H,50,58)(H,51,57,59). The number of alkyl halides is 3. The monoisotopic (exact) mass is 842 g/mol. The average molecular weight is 843 g/mol. The molecule has 0 spiro atoms. The van der Waals surface area contributed by atoms with Crippen molar-refractivity contribution in [2.75, 3.05) is 25.0 Å². The molecule has 61 heavy (non-hydrogen) atoms. The third kappa shape index (κ3) is 9.01. The van der Waals surface area contributed by atoms with E-state index in [0.717, 1.165) is 112 Å². The molecule has 3 aromatic heterocycles. The largest absolute Gasteiger partial charge is 0.433 e. The lowest BCUT2D eigenvalue weighted by molar-refractivity contribution is -0.141. The fraction of sp³-hybridized carbons (Fsp3) is 0.511. The van der Waals surface area contributed by atoms with Gasteiger partial charge in [0.25, 0.3) is 5.91 Å². The van der Waals surface area contributed by atoms with E-state index in [9.17, 15) is 37.5 Å². The Bertz CT molecular complexity index is 2520. The van der Waals surface area contributed by atoms with Crippen molar-refractivity contribution in [2.24, 2.45) is 18.9 Å². The van der Waals surface area contributed by atoms with Gasteiger partial charge in [0.2, 0.25) is 11.8 Å². The van der Waals surface area contributed by atoms with Gasteiger partial charge in [-0.2, -0.15) is 18.3 Å². The summed E-state index contributed by atoms with van der Waals surface area (Å²) in [5, 5.41) is 21.7. The van der Waals surface area contributed by atoms with E-state index < -0.39 is 35.3 Å². The smallest absolute Gasteiger partial charge is 0.386 e. The summed E-state index contributed by atoms with van der Waals surface area (Å²) in [6, 6.07) is 12.0. The number of likely N-dealkylation sites (tertiary alicyclic amines) is 1. The molecule has 3 N–H and O–H groups in total. The minimum absolute atomic E-state index is 0.205. The number of nitrogens with zero attached hydrogens (tertiary/aromatic N) is 6. The topological polar surface area (TPSA) is 156 Å². The Morgan fingerprint density at radius 3 is 2.39 bits per heavy atom. The molecule has 324 valence electrons. The van der Waals surface area contributed by atoms with Gasteiger partial charge in [0, 0.05) is 42.8 Å². The minimum Gasteiger partial charge on any atom is -0.386 e. The summed E-state index contributed by atoms with van der Waals surface area (Å²) in [6.45, 7) is 6.41. The second-order valence-electron chi connectivity index (χ2n) is 17.8. The van der Waals surface area contributed by atoms with Crippen LogP contribution in [0.3, 0.4) is 0 Å². The first-order valence-corrected chi connectivity index (χ1v) is 21.4. The molecule has 5 heterocycles. The molecule has 0 radical (unpaired) electrons. The highest BCUT2D eigenvalue weighted by molar-refractivity contribution is 6.04. The molecule has 16 heteroatoms. The normalized spacial score (nSPS) is 21.0. The van der Waals surface area contributed by atoms with E-state index in [1.807, 2.05) is 23.0 Å². The number of amides is 3. The molecular formula is C45H53F3N8O5. The molecule has 5 aromatic rings. The maximum atomic E-state index is 13.3. The summed E-state index contributed by atoms with van der Waals surface area (Å²) in [5.41, 5.74) is 0.859. The first kappa shape index (κ1) is 42.3. The first-order valence-electron chi connectivity index (χ1n) is 21.4. The number of hydrogen-bond donors (Lipinski definition) is 3. The molecule has 1 saturated carbocycles. The lowest BCUT2D eigenvalue weighted by Crippen LogP contribution is -2.44. The third-order valence-corrected chi connectivity index (χ3v) is 13.0. The zero-order valence-corrected chi connectivity index (χ0v) is 34.8. The van der Waals surface area contributed by atoms with Crippen LogP contribution < -0.4 is 16.3 Å². The van der Waals surface area contributed by atoms with Crippen molar-refractivity contribution < 1.29 is 32.7 Å². The number of anilines is 1. The van der Waals surface area contributed by atoms with Gasteiger partial charge in [0.15, 0.2) is 0 Å². The van der Waals surface area contributed by atoms with Crippen LogP contribution in [0.15, 0.2) is 59.5 Å². The van der Waals surface area contributed by atoms with Gasteiger partial charge in [0.05, 0.1) is 28.2 Å². The minimum atomic E-state index is -4.69. The highest BCUT2D eigenvalue weighted by Crippen LogP contribution is 2.37. The molecule has 3 aliphatic rings. The van der Waals surface area contributed by atoms with Crippen molar-refractivity contribution in [1.82, 2.24) is 34.1 Å². The maximum absolute atomic E-state index is 13.3. The number of para-hydroxylation sites is 1. The number of halogens is 3. The zero-order chi connectivity index (χ0) is 43.2. The molecule has 1 unspecified atom stereocenters. The summed E-state index contributed by atoms with van der Waals surface area (Å²) in [7, 11) is 1.75. The van der Waals surface area contributed by atoms with Crippen LogP contribution in [0.25, 0.3) is 21.9 Å². The number of imide groups is 1. The number of pyridine rings is 1. The number of benzene rings is 2. The van der Waals surface area contributed by atoms with Crippen molar-refractivity contribution in [3.8, 4) is 0 Å². The van der Waals surface area contributed by atoms with Crippen molar-refractivity contribution in [3.05, 3.63) is 87.7 Å². The number of rotatable bonds is 11. The number of fused-ring (bicyclic) bond motifs is 2. The van der Waals surface area contributed by atoms with E-state index in [1.165, 1.54) is 6.07 Å². The number of aryl methyl sites for hydroxylation is 2. The number of carbonyl (C=O) groups excluding carboxylic acids is 3. The Kier molecular flexibility index (Phi) is 11.7. The van der Waals surface area contributed by atoms with Crippen LogP contribution in [0, 0.1) is 11.8 Å². The Morgan fingerprint density at radius 1 is 0.951 bits per heavy atom. The quantitative estimate of drug-likeness (QED) is 0.120. The SMILES string of the molecule is Cn1c(=O)n(C2CCC(=O)NC2=O)c2cccc(CCCC3CCN(CC4CCC(n5cc6cc(NC(=O)c7cccc(C(F)(F)F)n7)c(C(C)(C)O)cc6n5)CC4)CC3)c21. The van der Waals surface area contributed by atoms with Crippen LogP contribution >= 0.6 is 0 Å². The predicted octanol–water partition coefficient (Wildman–Crippen LogP) is 7.03. The number of aromatic nitrogens is 5. The van der Waals surface area contributed by atoms with Gasteiger partial charge in [-0.15, -0.1) is 0 Å². The molecular weight excluding hydrogens is 790 g/mol. The fourth-order valence-electron chi connectivity index (χ4n) is 9.74. The Balaban J connectivity index is 0.824. The Hall–Kier alpha value is -5.35. The fourth-order valence-corrected chi connectivity index (χ4v) is 9.74. The summed E-state index contributed by atoms with van der Waals surface area (Å²) in [4.78, 5) is 56.9. The highest BCUT2D eigenvalue weighted by atomic mass is 19.4. The Morgan fingerprint density at radius 2 is 1.69 bits per heavy atom. The van der Waals surface area contributed by atoms with Crippen molar-refractivity contribution in [3.63, 3.8) is 0 Å². The third-order valence-electron chi connectivity index (χ3n) is 13.0.